The van der Waals surface area contributed by atoms with Crippen LogP contribution in [-0.4, -0.2) is 24.7 Å². The maximum Gasteiger partial charge on any atom is 0.183 e. The van der Waals surface area contributed by atoms with Crippen LogP contribution in [0.1, 0.15) is 26.5 Å². The molecule has 1 N–H and O–H groups in total. The highest BCUT2D eigenvalue weighted by atomic mass is 32.1. The van der Waals surface area contributed by atoms with Gasteiger partial charge in [0.2, 0.25) is 0 Å². The Morgan fingerprint density at radius 3 is 2.62 bits per heavy atom. The number of rotatable bonds is 6. The Morgan fingerprint density at radius 1 is 1.29 bits per heavy atom. The summed E-state index contributed by atoms with van der Waals surface area (Å²) in [7, 11) is 1.88. The fourth-order valence-electron chi connectivity index (χ4n) is 2.04. The van der Waals surface area contributed by atoms with Gasteiger partial charge in [-0.25, -0.2) is 4.98 Å². The van der Waals surface area contributed by atoms with Gasteiger partial charge in [0.15, 0.2) is 16.6 Å². The van der Waals surface area contributed by atoms with E-state index in [1.54, 1.807) is 11.3 Å². The Morgan fingerprint density at radius 2 is 2.05 bits per heavy atom. The van der Waals surface area contributed by atoms with Gasteiger partial charge in [-0.05, 0) is 51.5 Å². The van der Waals surface area contributed by atoms with Crippen LogP contribution < -0.4 is 14.8 Å². The van der Waals surface area contributed by atoms with E-state index >= 15 is 0 Å². The van der Waals surface area contributed by atoms with E-state index < -0.39 is 0 Å². The fourth-order valence-corrected chi connectivity index (χ4v) is 2.96. The van der Waals surface area contributed by atoms with Crippen molar-refractivity contribution in [1.29, 1.82) is 0 Å². The molecule has 0 unspecified atom stereocenters. The van der Waals surface area contributed by atoms with Crippen LogP contribution >= 0.6 is 11.3 Å². The second kappa shape index (κ2) is 6.80. The molecule has 0 atom stereocenters. The van der Waals surface area contributed by atoms with Crippen LogP contribution in [-0.2, 0) is 0 Å². The Labute approximate surface area is 130 Å². The summed E-state index contributed by atoms with van der Waals surface area (Å²) in [6.07, 6.45) is 0.121. The van der Waals surface area contributed by atoms with Crippen molar-refractivity contribution in [2.45, 2.75) is 33.8 Å². The number of nitrogens with one attached hydrogen (secondary N) is 1. The third kappa shape index (κ3) is 3.67. The van der Waals surface area contributed by atoms with Gasteiger partial charge in [0.05, 0.1) is 23.3 Å². The number of benzene rings is 1. The van der Waals surface area contributed by atoms with E-state index in [4.69, 9.17) is 9.47 Å². The van der Waals surface area contributed by atoms with Crippen molar-refractivity contribution < 1.29 is 9.47 Å². The average Bonchev–Trinajstić information content (AvgIpc) is 2.82. The topological polar surface area (TPSA) is 43.4 Å². The van der Waals surface area contributed by atoms with Crippen LogP contribution in [0, 0.1) is 6.92 Å². The molecule has 1 heterocycles. The predicted octanol–water partition coefficient (Wildman–Crippen LogP) is 4.35. The smallest absolute Gasteiger partial charge is 0.183 e. The normalized spacial score (nSPS) is 10.8. The maximum absolute atomic E-state index is 5.80. The SMILES string of the molecule is CCOc1cc(-c2sc(NC)nc2C)ccc1OC(C)C. The van der Waals surface area contributed by atoms with E-state index in [-0.39, 0.29) is 6.10 Å². The number of nitrogens with zero attached hydrogens (tertiary/aromatic N) is 1. The maximum atomic E-state index is 5.80. The zero-order valence-electron chi connectivity index (χ0n) is 13.2. The van der Waals surface area contributed by atoms with Gasteiger partial charge in [0, 0.05) is 7.05 Å². The van der Waals surface area contributed by atoms with Crippen LogP contribution in [0.25, 0.3) is 10.4 Å². The van der Waals surface area contributed by atoms with Crippen molar-refractivity contribution in [1.82, 2.24) is 4.98 Å². The van der Waals surface area contributed by atoms with Crippen molar-refractivity contribution in [3.63, 3.8) is 0 Å². The molecule has 4 nitrogen and oxygen atoms in total. The third-order valence-electron chi connectivity index (χ3n) is 2.88. The van der Waals surface area contributed by atoms with Crippen molar-refractivity contribution >= 4 is 16.5 Å². The van der Waals surface area contributed by atoms with Gasteiger partial charge in [-0.15, -0.1) is 0 Å². The van der Waals surface area contributed by atoms with Gasteiger partial charge >= 0.3 is 0 Å². The summed E-state index contributed by atoms with van der Waals surface area (Å²) in [4.78, 5) is 5.64. The van der Waals surface area contributed by atoms with E-state index in [0.29, 0.717) is 6.61 Å². The molecule has 0 saturated heterocycles. The predicted molar refractivity (Wildman–Crippen MR) is 88.8 cm³/mol. The highest BCUT2D eigenvalue weighted by Gasteiger charge is 2.13. The summed E-state index contributed by atoms with van der Waals surface area (Å²) >= 11 is 1.64. The first-order valence-electron chi connectivity index (χ1n) is 7.14. The number of ether oxygens (including phenoxy) is 2. The number of anilines is 1. The van der Waals surface area contributed by atoms with E-state index in [2.05, 4.69) is 16.4 Å². The largest absolute Gasteiger partial charge is 0.490 e. The van der Waals surface area contributed by atoms with Crippen LogP contribution in [0.2, 0.25) is 0 Å². The molecule has 21 heavy (non-hydrogen) atoms. The van der Waals surface area contributed by atoms with E-state index in [1.807, 2.05) is 46.9 Å². The molecule has 1 aromatic heterocycles. The van der Waals surface area contributed by atoms with Crippen LogP contribution in [0.4, 0.5) is 5.13 Å². The van der Waals surface area contributed by atoms with Crippen molar-refractivity contribution in [2.24, 2.45) is 0 Å². The van der Waals surface area contributed by atoms with E-state index in [0.717, 1.165) is 32.8 Å². The molecule has 0 radical (unpaired) electrons. The lowest BCUT2D eigenvalue weighted by atomic mass is 10.1. The van der Waals surface area contributed by atoms with Gasteiger partial charge in [0.1, 0.15) is 0 Å². The molecule has 0 spiro atoms. The second-order valence-corrected chi connectivity index (χ2v) is 5.94. The summed E-state index contributed by atoms with van der Waals surface area (Å²) < 4.78 is 11.5. The van der Waals surface area contributed by atoms with Crippen LogP contribution in [0.3, 0.4) is 0 Å². The number of aryl methyl sites for hydroxylation is 1. The monoisotopic (exact) mass is 306 g/mol. The molecule has 114 valence electrons. The molecule has 2 aromatic rings. The number of thiazole rings is 1. The van der Waals surface area contributed by atoms with Gasteiger partial charge in [-0.3, -0.25) is 0 Å². The van der Waals surface area contributed by atoms with Crippen molar-refractivity contribution in [3.8, 4) is 21.9 Å². The Kier molecular flexibility index (Phi) is 5.07. The molecule has 0 aliphatic rings. The molecular formula is C16H22N2O2S. The molecule has 5 heteroatoms. The highest BCUT2D eigenvalue weighted by Crippen LogP contribution is 2.38. The zero-order chi connectivity index (χ0) is 15.4. The molecule has 0 aliphatic carbocycles. The third-order valence-corrected chi connectivity index (χ3v) is 4.10. The molecule has 0 bridgehead atoms. The summed E-state index contributed by atoms with van der Waals surface area (Å²) in [6.45, 7) is 8.63. The molecule has 2 rings (SSSR count). The van der Waals surface area contributed by atoms with E-state index in [1.165, 1.54) is 0 Å². The number of hydrogen-bond donors (Lipinski definition) is 1. The fraction of sp³-hybridized carbons (Fsp3) is 0.438. The zero-order valence-corrected chi connectivity index (χ0v) is 14.0. The molecule has 0 amide bonds. The van der Waals surface area contributed by atoms with Gasteiger partial charge in [0.25, 0.3) is 0 Å². The minimum Gasteiger partial charge on any atom is -0.490 e. The summed E-state index contributed by atoms with van der Waals surface area (Å²) in [5, 5.41) is 4.01. The summed E-state index contributed by atoms with van der Waals surface area (Å²) in [5.41, 5.74) is 2.12. The summed E-state index contributed by atoms with van der Waals surface area (Å²) in [6, 6.07) is 6.06. The van der Waals surface area contributed by atoms with Gasteiger partial charge in [-0.2, -0.15) is 0 Å². The first kappa shape index (κ1) is 15.6. The lowest BCUT2D eigenvalue weighted by Gasteiger charge is -2.15. The lowest BCUT2D eigenvalue weighted by Crippen LogP contribution is -2.07. The quantitative estimate of drug-likeness (QED) is 0.862. The Balaban J connectivity index is 2.40. The molecule has 0 fully saturated rings. The van der Waals surface area contributed by atoms with Crippen molar-refractivity contribution in [3.05, 3.63) is 23.9 Å². The second-order valence-electron chi connectivity index (χ2n) is 4.94. The minimum atomic E-state index is 0.121. The summed E-state index contributed by atoms with van der Waals surface area (Å²) in [5.74, 6) is 1.56. The Hall–Kier alpha value is -1.75. The first-order valence-corrected chi connectivity index (χ1v) is 7.95. The van der Waals surface area contributed by atoms with Crippen molar-refractivity contribution in [2.75, 3.05) is 19.0 Å². The molecular weight excluding hydrogens is 284 g/mol. The standard InChI is InChI=1S/C16H22N2O2S/c1-6-19-14-9-12(7-8-13(14)20-10(2)3)15-11(4)18-16(17-5)21-15/h7-10H,6H2,1-5H3,(H,17,18). The molecule has 0 saturated carbocycles. The van der Waals surface area contributed by atoms with Gasteiger partial charge in [-0.1, -0.05) is 11.3 Å². The highest BCUT2D eigenvalue weighted by molar-refractivity contribution is 7.19. The minimum absolute atomic E-state index is 0.121. The Bertz CT molecular complexity index is 608. The average molecular weight is 306 g/mol. The van der Waals surface area contributed by atoms with Crippen LogP contribution in [0.15, 0.2) is 18.2 Å². The van der Waals surface area contributed by atoms with E-state index in [9.17, 15) is 0 Å². The first-order chi connectivity index (χ1) is 10.0. The lowest BCUT2D eigenvalue weighted by molar-refractivity contribution is 0.224. The van der Waals surface area contributed by atoms with Crippen LogP contribution in [0.5, 0.6) is 11.5 Å². The number of hydrogen-bond acceptors (Lipinski definition) is 5. The molecule has 1 aromatic carbocycles. The van der Waals surface area contributed by atoms with Gasteiger partial charge < -0.3 is 14.8 Å². The number of aromatic nitrogens is 1. The molecule has 0 aliphatic heterocycles.